The van der Waals surface area contributed by atoms with E-state index in [4.69, 9.17) is 8.92 Å². The largest absolute Gasteiger partial charge is 0.497 e. The van der Waals surface area contributed by atoms with Gasteiger partial charge in [0.2, 0.25) is 0 Å². The Bertz CT molecular complexity index is 1370. The molecule has 0 bridgehead atoms. The van der Waals surface area contributed by atoms with Crippen LogP contribution in [0, 0.1) is 5.82 Å². The lowest BCUT2D eigenvalue weighted by Crippen LogP contribution is -2.29. The number of hydrogen-bond donors (Lipinski definition) is 0. The van der Waals surface area contributed by atoms with Crippen LogP contribution in [0.1, 0.15) is 20.8 Å². The van der Waals surface area contributed by atoms with Gasteiger partial charge < -0.3 is 13.8 Å². The van der Waals surface area contributed by atoms with E-state index >= 15 is 0 Å². The third-order valence-electron chi connectivity index (χ3n) is 5.16. The molecule has 1 amide bonds. The Morgan fingerprint density at radius 2 is 1.43 bits per heavy atom. The summed E-state index contributed by atoms with van der Waals surface area (Å²) in [6, 6.07) is 22.0. The van der Waals surface area contributed by atoms with E-state index in [1.807, 2.05) is 11.4 Å². The molecule has 0 aliphatic carbocycles. The van der Waals surface area contributed by atoms with Gasteiger partial charge in [0.15, 0.2) is 0 Å². The first-order valence-electron chi connectivity index (χ1n) is 10.6. The summed E-state index contributed by atoms with van der Waals surface area (Å²) in [5.74, 6) is 0.201. The number of halogens is 1. The van der Waals surface area contributed by atoms with E-state index in [0.717, 1.165) is 11.1 Å². The molecule has 6 nitrogen and oxygen atoms in total. The molecule has 0 unspecified atom stereocenters. The average molecular weight is 512 g/mol. The van der Waals surface area contributed by atoms with E-state index in [1.54, 1.807) is 59.5 Å². The zero-order chi connectivity index (χ0) is 24.8. The molecule has 0 fully saturated rings. The molecule has 3 aromatic carbocycles. The van der Waals surface area contributed by atoms with Crippen LogP contribution in [0.3, 0.4) is 0 Å². The second kappa shape index (κ2) is 10.7. The number of nitrogens with zero attached hydrogens (tertiary/aromatic N) is 1. The molecule has 0 aliphatic rings. The Morgan fingerprint density at radius 1 is 0.857 bits per heavy atom. The van der Waals surface area contributed by atoms with Gasteiger partial charge in [-0.25, -0.2) is 4.39 Å². The van der Waals surface area contributed by atoms with Crippen molar-refractivity contribution >= 4 is 27.4 Å². The summed E-state index contributed by atoms with van der Waals surface area (Å²) in [4.78, 5) is 15.3. The van der Waals surface area contributed by atoms with E-state index in [9.17, 15) is 17.6 Å². The maximum atomic E-state index is 13.3. The summed E-state index contributed by atoms with van der Waals surface area (Å²) in [6.45, 7) is 0.570. The number of benzene rings is 3. The Labute approximate surface area is 207 Å². The molecule has 0 N–H and O–H groups in total. The predicted molar refractivity (Wildman–Crippen MR) is 132 cm³/mol. The van der Waals surface area contributed by atoms with Crippen LogP contribution in [-0.4, -0.2) is 26.3 Å². The lowest BCUT2D eigenvalue weighted by Gasteiger charge is -2.22. The summed E-state index contributed by atoms with van der Waals surface area (Å²) in [6.07, 6.45) is 0. The zero-order valence-electron chi connectivity index (χ0n) is 18.8. The number of rotatable bonds is 9. The summed E-state index contributed by atoms with van der Waals surface area (Å²) in [7, 11) is -2.51. The van der Waals surface area contributed by atoms with E-state index < -0.39 is 10.1 Å². The maximum absolute atomic E-state index is 13.3. The smallest absolute Gasteiger partial charge is 0.339 e. The van der Waals surface area contributed by atoms with Crippen molar-refractivity contribution in [3.05, 3.63) is 112 Å². The molecular formula is C26H22FNO5S2. The summed E-state index contributed by atoms with van der Waals surface area (Å²) in [5.41, 5.74) is 1.58. The van der Waals surface area contributed by atoms with Crippen LogP contribution >= 0.6 is 11.3 Å². The highest BCUT2D eigenvalue weighted by Crippen LogP contribution is 2.23. The molecule has 1 heterocycles. The predicted octanol–water partition coefficient (Wildman–Crippen LogP) is 5.51. The van der Waals surface area contributed by atoms with Gasteiger partial charge in [0.05, 0.1) is 12.0 Å². The molecular weight excluding hydrogens is 489 g/mol. The van der Waals surface area contributed by atoms with Crippen molar-refractivity contribution in [1.82, 2.24) is 4.90 Å². The SMILES string of the molecule is COc1ccc(S(=O)(=O)Oc2ccc(CN(Cc3ccc(F)cc3)C(=O)c3cccs3)cc2)cc1. The first kappa shape index (κ1) is 24.4. The zero-order valence-corrected chi connectivity index (χ0v) is 20.4. The fourth-order valence-corrected chi connectivity index (χ4v) is 4.97. The normalized spacial score (nSPS) is 11.1. The van der Waals surface area contributed by atoms with Crippen molar-refractivity contribution in [2.75, 3.05) is 7.11 Å². The quantitative estimate of drug-likeness (QED) is 0.277. The van der Waals surface area contributed by atoms with Crippen LogP contribution in [0.25, 0.3) is 0 Å². The van der Waals surface area contributed by atoms with Crippen LogP contribution < -0.4 is 8.92 Å². The lowest BCUT2D eigenvalue weighted by molar-refractivity contribution is 0.0735. The standard InChI is InChI=1S/C26H22FNO5S2/c1-32-22-12-14-24(15-13-22)35(30,31)33-23-10-6-20(7-11-23)18-28(26(29)25-3-2-16-34-25)17-19-4-8-21(27)9-5-19/h2-16H,17-18H2,1H3. The highest BCUT2D eigenvalue weighted by Gasteiger charge is 2.19. The topological polar surface area (TPSA) is 72.9 Å². The van der Waals surface area contributed by atoms with E-state index in [0.29, 0.717) is 17.2 Å². The molecule has 35 heavy (non-hydrogen) atoms. The minimum Gasteiger partial charge on any atom is -0.497 e. The summed E-state index contributed by atoms with van der Waals surface area (Å²) < 4.78 is 48.8. The number of carbonyl (C=O) groups excluding carboxylic acids is 1. The van der Waals surface area contributed by atoms with Gasteiger partial charge >= 0.3 is 10.1 Å². The van der Waals surface area contributed by atoms with E-state index in [1.165, 1.54) is 42.7 Å². The van der Waals surface area contributed by atoms with Crippen molar-refractivity contribution in [3.8, 4) is 11.5 Å². The maximum Gasteiger partial charge on any atom is 0.339 e. The Kier molecular flexibility index (Phi) is 7.48. The van der Waals surface area contributed by atoms with Crippen LogP contribution in [-0.2, 0) is 23.2 Å². The van der Waals surface area contributed by atoms with Gasteiger partial charge in [-0.2, -0.15) is 8.42 Å². The number of ether oxygens (including phenoxy) is 1. The Morgan fingerprint density at radius 3 is 1.97 bits per heavy atom. The van der Waals surface area contributed by atoms with Crippen LogP contribution in [0.2, 0.25) is 0 Å². The fraction of sp³-hybridized carbons (Fsp3) is 0.115. The van der Waals surface area contributed by atoms with Gasteiger partial charge in [-0.1, -0.05) is 30.3 Å². The Hall–Kier alpha value is -3.69. The highest BCUT2D eigenvalue weighted by atomic mass is 32.2. The molecule has 0 aliphatic heterocycles. The fourth-order valence-electron chi connectivity index (χ4n) is 3.35. The van der Waals surface area contributed by atoms with E-state index in [2.05, 4.69) is 0 Å². The first-order chi connectivity index (χ1) is 16.8. The number of amides is 1. The van der Waals surface area contributed by atoms with Gasteiger partial charge in [-0.15, -0.1) is 11.3 Å². The molecule has 4 aromatic rings. The van der Waals surface area contributed by atoms with Crippen LogP contribution in [0.15, 0.2) is 95.2 Å². The van der Waals surface area contributed by atoms with Gasteiger partial charge in [0.1, 0.15) is 22.2 Å². The molecule has 0 atom stereocenters. The minimum absolute atomic E-state index is 0.00870. The van der Waals surface area contributed by atoms with Crippen molar-refractivity contribution in [2.45, 2.75) is 18.0 Å². The summed E-state index contributed by atoms with van der Waals surface area (Å²) >= 11 is 1.35. The van der Waals surface area contributed by atoms with Crippen molar-refractivity contribution in [3.63, 3.8) is 0 Å². The summed E-state index contributed by atoms with van der Waals surface area (Å²) in [5, 5.41) is 1.83. The van der Waals surface area contributed by atoms with Crippen molar-refractivity contribution in [1.29, 1.82) is 0 Å². The molecule has 9 heteroatoms. The molecule has 1 aromatic heterocycles. The molecule has 0 spiro atoms. The van der Waals surface area contributed by atoms with Gasteiger partial charge in [0, 0.05) is 13.1 Å². The second-order valence-corrected chi connectivity index (χ2v) is 10.1. The molecule has 4 rings (SSSR count). The van der Waals surface area contributed by atoms with Crippen LogP contribution in [0.5, 0.6) is 11.5 Å². The minimum atomic E-state index is -4.01. The van der Waals surface area contributed by atoms with Gasteiger partial charge in [0.25, 0.3) is 5.91 Å². The van der Waals surface area contributed by atoms with E-state index in [-0.39, 0.29) is 28.9 Å². The van der Waals surface area contributed by atoms with Gasteiger partial charge in [-0.3, -0.25) is 4.79 Å². The molecule has 0 saturated carbocycles. The number of carbonyl (C=O) groups is 1. The third kappa shape index (κ3) is 6.26. The average Bonchev–Trinajstić information content (AvgIpc) is 3.41. The molecule has 180 valence electrons. The van der Waals surface area contributed by atoms with Crippen molar-refractivity contribution in [2.24, 2.45) is 0 Å². The number of thiophene rings is 1. The monoisotopic (exact) mass is 511 g/mol. The van der Waals surface area contributed by atoms with Gasteiger partial charge in [-0.05, 0) is 71.1 Å². The highest BCUT2D eigenvalue weighted by molar-refractivity contribution is 7.87. The lowest BCUT2D eigenvalue weighted by atomic mass is 10.1. The van der Waals surface area contributed by atoms with Crippen molar-refractivity contribution < 1.29 is 26.5 Å². The van der Waals surface area contributed by atoms with Crippen LogP contribution in [0.4, 0.5) is 4.39 Å². The first-order valence-corrected chi connectivity index (χ1v) is 12.9. The molecule has 0 radical (unpaired) electrons. The third-order valence-corrected chi connectivity index (χ3v) is 7.28. The molecule has 0 saturated heterocycles. The Balaban J connectivity index is 1.49. The number of methoxy groups -OCH3 is 1. The number of hydrogen-bond acceptors (Lipinski definition) is 6. The second-order valence-electron chi connectivity index (χ2n) is 7.62.